The van der Waals surface area contributed by atoms with Crippen molar-refractivity contribution < 1.29 is 9.53 Å². The Hall–Kier alpha value is -3.24. The lowest BCUT2D eigenvalue weighted by molar-refractivity contribution is 0.104. The number of para-hydroxylation sites is 1. The van der Waals surface area contributed by atoms with Crippen molar-refractivity contribution in [3.8, 4) is 16.9 Å². The molecule has 0 saturated carbocycles. The zero-order valence-electron chi connectivity index (χ0n) is 14.8. The maximum Gasteiger partial charge on any atom is 0.186 e. The van der Waals surface area contributed by atoms with E-state index in [1.807, 2.05) is 65.4 Å². The molecule has 27 heavy (non-hydrogen) atoms. The fourth-order valence-corrected chi connectivity index (χ4v) is 3.56. The fraction of sp³-hybridized carbons (Fsp3) is 0.0435. The molecule has 3 nitrogen and oxygen atoms in total. The number of hydrogen-bond acceptors (Lipinski definition) is 4. The minimum absolute atomic E-state index is 0.0214. The maximum atomic E-state index is 12.3. The van der Waals surface area contributed by atoms with Gasteiger partial charge in [0.1, 0.15) is 5.75 Å². The number of allylic oxidation sites excluding steroid dienone is 1. The summed E-state index contributed by atoms with van der Waals surface area (Å²) in [5.74, 6) is 0.782. The van der Waals surface area contributed by atoms with Gasteiger partial charge < -0.3 is 4.74 Å². The summed E-state index contributed by atoms with van der Waals surface area (Å²) in [6.07, 6.45) is 3.39. The third-order valence-electron chi connectivity index (χ3n) is 4.35. The van der Waals surface area contributed by atoms with Crippen LogP contribution in [0.25, 0.3) is 28.1 Å². The minimum atomic E-state index is -0.0214. The zero-order valence-corrected chi connectivity index (χ0v) is 15.6. The second kappa shape index (κ2) is 7.56. The molecule has 0 aliphatic heterocycles. The highest BCUT2D eigenvalue weighted by Crippen LogP contribution is 2.29. The van der Waals surface area contributed by atoms with Crippen LogP contribution >= 0.6 is 11.3 Å². The SMILES string of the molecule is COc1ccc(-c2cc3ccccc3nc2/C=C/C(=O)c2ccsc2)cc1. The fourth-order valence-electron chi connectivity index (χ4n) is 2.92. The van der Waals surface area contributed by atoms with E-state index in [4.69, 9.17) is 9.72 Å². The van der Waals surface area contributed by atoms with E-state index >= 15 is 0 Å². The van der Waals surface area contributed by atoms with Crippen LogP contribution in [0.15, 0.2) is 77.5 Å². The predicted octanol–water partition coefficient (Wildman–Crippen LogP) is 5.87. The number of methoxy groups -OCH3 is 1. The number of thiophene rings is 1. The molecule has 0 unspecified atom stereocenters. The molecule has 4 rings (SSSR count). The molecule has 0 saturated heterocycles. The van der Waals surface area contributed by atoms with Crippen molar-refractivity contribution in [2.24, 2.45) is 0 Å². The maximum absolute atomic E-state index is 12.3. The van der Waals surface area contributed by atoms with Gasteiger partial charge in [-0.2, -0.15) is 11.3 Å². The van der Waals surface area contributed by atoms with Crippen LogP contribution in [0.5, 0.6) is 5.75 Å². The second-order valence-electron chi connectivity index (χ2n) is 6.05. The van der Waals surface area contributed by atoms with Crippen molar-refractivity contribution in [3.63, 3.8) is 0 Å². The number of pyridine rings is 1. The van der Waals surface area contributed by atoms with Gasteiger partial charge in [-0.05, 0) is 53.4 Å². The highest BCUT2D eigenvalue weighted by Gasteiger charge is 2.09. The summed E-state index contributed by atoms with van der Waals surface area (Å²) in [7, 11) is 1.65. The predicted molar refractivity (Wildman–Crippen MR) is 111 cm³/mol. The van der Waals surface area contributed by atoms with Crippen molar-refractivity contribution in [1.82, 2.24) is 4.98 Å². The van der Waals surface area contributed by atoms with Crippen molar-refractivity contribution in [2.75, 3.05) is 7.11 Å². The molecule has 0 aliphatic rings. The number of benzene rings is 2. The summed E-state index contributed by atoms with van der Waals surface area (Å²) >= 11 is 1.51. The first-order valence-corrected chi connectivity index (χ1v) is 9.48. The Morgan fingerprint density at radius 1 is 1.07 bits per heavy atom. The molecule has 2 aromatic heterocycles. The van der Waals surface area contributed by atoms with Gasteiger partial charge in [0.2, 0.25) is 0 Å². The molecule has 0 N–H and O–H groups in total. The van der Waals surface area contributed by atoms with Crippen LogP contribution in [0.2, 0.25) is 0 Å². The highest BCUT2D eigenvalue weighted by atomic mass is 32.1. The number of fused-ring (bicyclic) bond motifs is 1. The van der Waals surface area contributed by atoms with E-state index in [1.165, 1.54) is 11.3 Å². The van der Waals surface area contributed by atoms with Crippen LogP contribution in [0.3, 0.4) is 0 Å². The lowest BCUT2D eigenvalue weighted by Crippen LogP contribution is -1.94. The molecular weight excluding hydrogens is 354 g/mol. The van der Waals surface area contributed by atoms with Crippen molar-refractivity contribution >= 4 is 34.1 Å². The van der Waals surface area contributed by atoms with Crippen LogP contribution < -0.4 is 4.74 Å². The minimum Gasteiger partial charge on any atom is -0.497 e. The van der Waals surface area contributed by atoms with Gasteiger partial charge in [-0.25, -0.2) is 4.98 Å². The van der Waals surface area contributed by atoms with Gasteiger partial charge in [-0.3, -0.25) is 4.79 Å². The molecule has 0 radical (unpaired) electrons. The number of carbonyl (C=O) groups excluding carboxylic acids is 1. The van der Waals surface area contributed by atoms with E-state index in [9.17, 15) is 4.79 Å². The smallest absolute Gasteiger partial charge is 0.186 e. The van der Waals surface area contributed by atoms with Crippen LogP contribution in [0.1, 0.15) is 16.1 Å². The first-order valence-electron chi connectivity index (χ1n) is 8.53. The van der Waals surface area contributed by atoms with E-state index in [0.29, 0.717) is 5.56 Å². The molecule has 0 bridgehead atoms. The Morgan fingerprint density at radius 2 is 1.89 bits per heavy atom. The highest BCUT2D eigenvalue weighted by molar-refractivity contribution is 7.08. The first-order chi connectivity index (χ1) is 13.2. The molecule has 4 aromatic rings. The summed E-state index contributed by atoms with van der Waals surface area (Å²) in [6, 6.07) is 19.8. The van der Waals surface area contributed by atoms with Gasteiger partial charge in [0.15, 0.2) is 5.78 Å². The summed E-state index contributed by atoms with van der Waals surface area (Å²) in [6.45, 7) is 0. The normalized spacial score (nSPS) is 11.1. The van der Waals surface area contributed by atoms with Crippen molar-refractivity contribution in [3.05, 3.63) is 88.8 Å². The quantitative estimate of drug-likeness (QED) is 0.325. The van der Waals surface area contributed by atoms with Gasteiger partial charge in [0, 0.05) is 21.9 Å². The zero-order chi connectivity index (χ0) is 18.6. The summed E-state index contributed by atoms with van der Waals surface area (Å²) in [4.78, 5) is 17.1. The second-order valence-corrected chi connectivity index (χ2v) is 6.83. The van der Waals surface area contributed by atoms with Gasteiger partial charge in [0.25, 0.3) is 0 Å². The summed E-state index contributed by atoms with van der Waals surface area (Å²) < 4.78 is 5.25. The van der Waals surface area contributed by atoms with Gasteiger partial charge in [-0.1, -0.05) is 30.3 Å². The van der Waals surface area contributed by atoms with Gasteiger partial charge in [-0.15, -0.1) is 0 Å². The summed E-state index contributed by atoms with van der Waals surface area (Å²) in [5, 5.41) is 4.81. The molecule has 0 spiro atoms. The number of rotatable bonds is 5. The average Bonchev–Trinajstić information content (AvgIpc) is 3.26. The molecule has 4 heteroatoms. The molecule has 132 valence electrons. The number of ether oxygens (including phenoxy) is 1. The van der Waals surface area contributed by atoms with Crippen molar-refractivity contribution in [2.45, 2.75) is 0 Å². The van der Waals surface area contributed by atoms with Gasteiger partial charge in [0.05, 0.1) is 18.3 Å². The lowest BCUT2D eigenvalue weighted by Gasteiger charge is -2.09. The third-order valence-corrected chi connectivity index (χ3v) is 5.04. The number of ketones is 1. The van der Waals surface area contributed by atoms with Gasteiger partial charge >= 0.3 is 0 Å². The van der Waals surface area contributed by atoms with E-state index < -0.39 is 0 Å². The molecule has 2 heterocycles. The molecule has 2 aromatic carbocycles. The standard InChI is InChI=1S/C23H17NO2S/c1-26-19-8-6-16(7-9-19)20-14-17-4-2-3-5-21(17)24-22(20)10-11-23(25)18-12-13-27-15-18/h2-15H,1H3/b11-10+. The Balaban J connectivity index is 1.80. The average molecular weight is 371 g/mol. The van der Waals surface area contributed by atoms with E-state index in [2.05, 4.69) is 6.07 Å². The molecule has 0 amide bonds. The van der Waals surface area contributed by atoms with Crippen LogP contribution in [0, 0.1) is 0 Å². The number of nitrogens with zero attached hydrogens (tertiary/aromatic N) is 1. The first kappa shape index (κ1) is 17.2. The summed E-state index contributed by atoms with van der Waals surface area (Å²) in [5.41, 5.74) is 4.37. The Labute approximate surface area is 161 Å². The number of hydrogen-bond donors (Lipinski definition) is 0. The molecular formula is C23H17NO2S. The Kier molecular flexibility index (Phi) is 4.81. The third kappa shape index (κ3) is 3.66. The monoisotopic (exact) mass is 371 g/mol. The van der Waals surface area contributed by atoms with Crippen molar-refractivity contribution in [1.29, 1.82) is 0 Å². The van der Waals surface area contributed by atoms with Crippen LogP contribution in [0.4, 0.5) is 0 Å². The lowest BCUT2D eigenvalue weighted by atomic mass is 10.0. The van der Waals surface area contributed by atoms with Crippen LogP contribution in [-0.2, 0) is 0 Å². The topological polar surface area (TPSA) is 39.2 Å². The van der Waals surface area contributed by atoms with E-state index in [-0.39, 0.29) is 5.78 Å². The Morgan fingerprint density at radius 3 is 2.63 bits per heavy atom. The Bertz CT molecular complexity index is 1110. The molecule has 0 fully saturated rings. The number of aromatic nitrogens is 1. The molecule has 0 atom stereocenters. The van der Waals surface area contributed by atoms with E-state index in [1.54, 1.807) is 19.3 Å². The molecule has 0 aliphatic carbocycles. The van der Waals surface area contributed by atoms with E-state index in [0.717, 1.165) is 33.5 Å². The van der Waals surface area contributed by atoms with Crippen LogP contribution in [-0.4, -0.2) is 17.9 Å². The largest absolute Gasteiger partial charge is 0.497 e. The number of carbonyl (C=O) groups is 1.